The first-order valence-corrected chi connectivity index (χ1v) is 7.05. The topological polar surface area (TPSA) is 58.1 Å². The van der Waals surface area contributed by atoms with Crippen LogP contribution in [-0.4, -0.2) is 40.4 Å². The van der Waals surface area contributed by atoms with Gasteiger partial charge in [-0.15, -0.1) is 0 Å². The molecule has 1 aliphatic heterocycles. The van der Waals surface area contributed by atoms with Gasteiger partial charge in [-0.25, -0.2) is 9.97 Å². The summed E-state index contributed by atoms with van der Waals surface area (Å²) in [6.07, 6.45) is 5.39. The van der Waals surface area contributed by atoms with Gasteiger partial charge in [0.2, 0.25) is 5.91 Å². The number of aromatic nitrogens is 2. The van der Waals surface area contributed by atoms with E-state index in [-0.39, 0.29) is 5.91 Å². The van der Waals surface area contributed by atoms with Crippen LogP contribution in [0.1, 0.15) is 31.2 Å². The lowest BCUT2D eigenvalue weighted by molar-refractivity contribution is -0.131. The number of nitrogens with zero attached hydrogens (tertiary/aromatic N) is 3. The molecule has 0 unspecified atom stereocenters. The minimum Gasteiger partial charge on any atom is -0.369 e. The first kappa shape index (κ1) is 14.1. The molecule has 0 atom stereocenters. The Hall–Kier alpha value is -1.36. The van der Waals surface area contributed by atoms with Gasteiger partial charge in [-0.05, 0) is 26.2 Å². The van der Waals surface area contributed by atoms with Crippen molar-refractivity contribution in [2.45, 2.75) is 32.6 Å². The number of carbonyl (C=O) groups is 1. The zero-order chi connectivity index (χ0) is 13.7. The van der Waals surface area contributed by atoms with E-state index >= 15 is 0 Å². The molecular formula is C13H19ClN4O. The molecule has 5 nitrogen and oxygen atoms in total. The SMILES string of the molecule is Cc1c(Cl)ncnc1NCCC(=O)N1CCCCC1. The molecule has 0 radical (unpaired) electrons. The first-order chi connectivity index (χ1) is 9.18. The van der Waals surface area contributed by atoms with E-state index in [1.54, 1.807) is 0 Å². The van der Waals surface area contributed by atoms with Gasteiger partial charge in [-0.3, -0.25) is 4.79 Å². The highest BCUT2D eigenvalue weighted by atomic mass is 35.5. The summed E-state index contributed by atoms with van der Waals surface area (Å²) in [7, 11) is 0. The van der Waals surface area contributed by atoms with Gasteiger partial charge in [0.15, 0.2) is 0 Å². The summed E-state index contributed by atoms with van der Waals surface area (Å²) >= 11 is 5.91. The van der Waals surface area contributed by atoms with Crippen molar-refractivity contribution in [3.63, 3.8) is 0 Å². The lowest BCUT2D eigenvalue weighted by Gasteiger charge is -2.26. The Labute approximate surface area is 118 Å². The Morgan fingerprint density at radius 3 is 2.84 bits per heavy atom. The number of likely N-dealkylation sites (tertiary alicyclic amines) is 1. The van der Waals surface area contributed by atoms with E-state index in [0.717, 1.165) is 31.5 Å². The largest absolute Gasteiger partial charge is 0.369 e. The number of carbonyl (C=O) groups excluding carboxylic acids is 1. The zero-order valence-corrected chi connectivity index (χ0v) is 11.9. The molecule has 104 valence electrons. The fourth-order valence-corrected chi connectivity index (χ4v) is 2.33. The third-order valence-electron chi connectivity index (χ3n) is 3.36. The third kappa shape index (κ3) is 3.80. The summed E-state index contributed by atoms with van der Waals surface area (Å²) in [5.41, 5.74) is 0.814. The molecule has 0 aliphatic carbocycles. The summed E-state index contributed by atoms with van der Waals surface area (Å²) < 4.78 is 0. The number of halogens is 1. The molecule has 19 heavy (non-hydrogen) atoms. The van der Waals surface area contributed by atoms with Crippen molar-refractivity contribution >= 4 is 23.3 Å². The molecular weight excluding hydrogens is 264 g/mol. The van der Waals surface area contributed by atoms with E-state index in [1.807, 2.05) is 11.8 Å². The molecule has 6 heteroatoms. The van der Waals surface area contributed by atoms with Crippen LogP contribution < -0.4 is 5.32 Å². The summed E-state index contributed by atoms with van der Waals surface area (Å²) in [6, 6.07) is 0. The maximum absolute atomic E-state index is 12.0. The maximum Gasteiger partial charge on any atom is 0.224 e. The molecule has 1 N–H and O–H groups in total. The maximum atomic E-state index is 12.0. The summed E-state index contributed by atoms with van der Waals surface area (Å²) in [5, 5.41) is 3.59. The van der Waals surface area contributed by atoms with Crippen molar-refractivity contribution in [3.05, 3.63) is 17.0 Å². The van der Waals surface area contributed by atoms with Crippen molar-refractivity contribution in [2.75, 3.05) is 25.0 Å². The summed E-state index contributed by atoms with van der Waals surface area (Å²) in [5.74, 6) is 0.913. The number of hydrogen-bond acceptors (Lipinski definition) is 4. The first-order valence-electron chi connectivity index (χ1n) is 6.67. The van der Waals surface area contributed by atoms with E-state index in [9.17, 15) is 4.79 Å². The van der Waals surface area contributed by atoms with Gasteiger partial charge in [0.05, 0.1) is 0 Å². The van der Waals surface area contributed by atoms with Gasteiger partial charge in [-0.1, -0.05) is 11.6 Å². The molecule has 1 amide bonds. The van der Waals surface area contributed by atoms with Crippen LogP contribution >= 0.6 is 11.6 Å². The highest BCUT2D eigenvalue weighted by Gasteiger charge is 2.15. The summed E-state index contributed by atoms with van der Waals surface area (Å²) in [6.45, 7) is 4.23. The fourth-order valence-electron chi connectivity index (χ4n) is 2.20. The van der Waals surface area contributed by atoms with Gasteiger partial charge in [-0.2, -0.15) is 0 Å². The molecule has 1 saturated heterocycles. The number of rotatable bonds is 4. The van der Waals surface area contributed by atoms with E-state index in [1.165, 1.54) is 12.7 Å². The monoisotopic (exact) mass is 282 g/mol. The van der Waals surface area contributed by atoms with E-state index in [0.29, 0.717) is 23.9 Å². The van der Waals surface area contributed by atoms with E-state index in [2.05, 4.69) is 15.3 Å². The molecule has 2 rings (SSSR count). The standard InChI is InChI=1S/C13H19ClN4O/c1-10-12(14)16-9-17-13(10)15-6-5-11(19)18-7-3-2-4-8-18/h9H,2-8H2,1H3,(H,15,16,17). The average molecular weight is 283 g/mol. The van der Waals surface area contributed by atoms with Crippen LogP contribution in [-0.2, 0) is 4.79 Å². The Kier molecular flexibility index (Phi) is 4.96. The minimum atomic E-state index is 0.213. The molecule has 0 spiro atoms. The number of piperidine rings is 1. The van der Waals surface area contributed by atoms with Crippen molar-refractivity contribution in [2.24, 2.45) is 0 Å². The van der Waals surface area contributed by atoms with Crippen LogP contribution in [0, 0.1) is 6.92 Å². The predicted octanol–water partition coefficient (Wildman–Crippen LogP) is 2.25. The second-order valence-corrected chi connectivity index (χ2v) is 5.11. The number of nitrogens with one attached hydrogen (secondary N) is 1. The molecule has 1 aromatic rings. The zero-order valence-electron chi connectivity index (χ0n) is 11.2. The Morgan fingerprint density at radius 2 is 2.11 bits per heavy atom. The Balaban J connectivity index is 1.79. The average Bonchev–Trinajstić information content (AvgIpc) is 2.44. The Bertz CT molecular complexity index is 446. The van der Waals surface area contributed by atoms with Gasteiger partial charge in [0.25, 0.3) is 0 Å². The molecule has 1 fully saturated rings. The highest BCUT2D eigenvalue weighted by Crippen LogP contribution is 2.17. The van der Waals surface area contributed by atoms with Crippen LogP contribution in [0.3, 0.4) is 0 Å². The van der Waals surface area contributed by atoms with Crippen LogP contribution in [0.5, 0.6) is 0 Å². The van der Waals surface area contributed by atoms with Gasteiger partial charge >= 0.3 is 0 Å². The van der Waals surface area contributed by atoms with Crippen molar-refractivity contribution in [1.82, 2.24) is 14.9 Å². The minimum absolute atomic E-state index is 0.213. The van der Waals surface area contributed by atoms with Crippen molar-refractivity contribution in [1.29, 1.82) is 0 Å². The van der Waals surface area contributed by atoms with Crippen molar-refractivity contribution < 1.29 is 4.79 Å². The van der Waals surface area contributed by atoms with E-state index < -0.39 is 0 Å². The second-order valence-electron chi connectivity index (χ2n) is 4.76. The van der Waals surface area contributed by atoms with Crippen LogP contribution in [0.2, 0.25) is 5.15 Å². The lowest BCUT2D eigenvalue weighted by Crippen LogP contribution is -2.36. The number of anilines is 1. The van der Waals surface area contributed by atoms with Crippen molar-refractivity contribution in [3.8, 4) is 0 Å². The number of hydrogen-bond donors (Lipinski definition) is 1. The number of amides is 1. The van der Waals surface area contributed by atoms with Gasteiger partial charge < -0.3 is 10.2 Å². The normalized spacial score (nSPS) is 15.4. The van der Waals surface area contributed by atoms with Crippen LogP contribution in [0.15, 0.2) is 6.33 Å². The van der Waals surface area contributed by atoms with Gasteiger partial charge in [0, 0.05) is 31.6 Å². The molecule has 0 aromatic carbocycles. The van der Waals surface area contributed by atoms with Crippen LogP contribution in [0.4, 0.5) is 5.82 Å². The quantitative estimate of drug-likeness (QED) is 0.861. The molecule has 0 bridgehead atoms. The third-order valence-corrected chi connectivity index (χ3v) is 3.74. The van der Waals surface area contributed by atoms with E-state index in [4.69, 9.17) is 11.6 Å². The molecule has 2 heterocycles. The Morgan fingerprint density at radius 1 is 1.37 bits per heavy atom. The fraction of sp³-hybridized carbons (Fsp3) is 0.615. The highest BCUT2D eigenvalue weighted by molar-refractivity contribution is 6.30. The molecule has 0 saturated carbocycles. The smallest absolute Gasteiger partial charge is 0.224 e. The molecule has 1 aromatic heterocycles. The van der Waals surface area contributed by atoms with Crippen LogP contribution in [0.25, 0.3) is 0 Å². The lowest BCUT2D eigenvalue weighted by atomic mass is 10.1. The summed E-state index contributed by atoms with van der Waals surface area (Å²) in [4.78, 5) is 21.9. The molecule has 1 aliphatic rings. The second kappa shape index (κ2) is 6.70. The van der Waals surface area contributed by atoms with Gasteiger partial charge in [0.1, 0.15) is 17.3 Å². The predicted molar refractivity (Wildman–Crippen MR) is 75.3 cm³/mol.